The summed E-state index contributed by atoms with van der Waals surface area (Å²) in [6, 6.07) is 0. The van der Waals surface area contributed by atoms with Gasteiger partial charge in [0.1, 0.15) is 177 Å². The number of rotatable bonds is 75. The molecule has 4 aliphatic heterocycles. The number of hydrogen-bond acceptors (Lipinski definition) is 60. The topological polar surface area (TPSA) is 1080 Å². The van der Waals surface area contributed by atoms with Crippen LogP contribution in [0.1, 0.15) is 33.1 Å². The van der Waals surface area contributed by atoms with Gasteiger partial charge in [-0.15, -0.1) is 0 Å². The molecule has 65 heteroatoms. The molecule has 4 fully saturated rings. The summed E-state index contributed by atoms with van der Waals surface area (Å²) in [6.45, 7) is -7.57. The summed E-state index contributed by atoms with van der Waals surface area (Å²) in [5.41, 5.74) is 4.78. The Balaban J connectivity index is 1.71. The van der Waals surface area contributed by atoms with Crippen LogP contribution >= 0.6 is 0 Å². The van der Waals surface area contributed by atoms with E-state index in [1.165, 1.54) is 0 Å². The van der Waals surface area contributed by atoms with E-state index >= 15 is 0 Å². The normalized spacial score (nSPS) is 29.4. The van der Waals surface area contributed by atoms with E-state index in [2.05, 4.69) is 42.5 Å². The second-order valence-corrected chi connectivity index (χ2v) is 36.2. The molecule has 0 aromatic rings. The number of nitrogens with one attached hydrogen (secondary N) is 8. The third-order valence-electron chi connectivity index (χ3n) is 26.0. The van der Waals surface area contributed by atoms with Crippen LogP contribution in [-0.4, -0.2) is 708 Å². The van der Waals surface area contributed by atoms with Crippen LogP contribution in [0.15, 0.2) is 0 Å². The number of ether oxygens (including phenoxy) is 8. The van der Waals surface area contributed by atoms with Gasteiger partial charge in [-0.05, 0) is 19.3 Å². The molecule has 40 atom stereocenters. The minimum Gasteiger partial charge on any atom is -0.394 e. The van der Waals surface area contributed by atoms with E-state index in [1.54, 1.807) is 23.6 Å². The summed E-state index contributed by atoms with van der Waals surface area (Å²) in [5, 5.41) is 431. The van der Waals surface area contributed by atoms with Gasteiger partial charge >= 0.3 is 0 Å². The lowest BCUT2D eigenvalue weighted by atomic mass is 9.88. The van der Waals surface area contributed by atoms with Gasteiger partial charge < -0.3 is 290 Å². The molecule has 4 aliphatic rings. The third kappa shape index (κ3) is 38.8. The maximum absolute atomic E-state index is 14.1. The first-order valence-electron chi connectivity index (χ1n) is 48.2. The molecule has 148 heavy (non-hydrogen) atoms. The van der Waals surface area contributed by atoms with Gasteiger partial charge in [0.25, 0.3) is 29.5 Å². The quantitative estimate of drug-likeness (QED) is 0.0199. The molecule has 0 spiro atoms. The van der Waals surface area contributed by atoms with Crippen LogP contribution in [-0.2, 0) is 61.9 Å². The first kappa shape index (κ1) is 135. The molecule has 0 aromatic heterocycles. The summed E-state index contributed by atoms with van der Waals surface area (Å²) >= 11 is 0. The van der Waals surface area contributed by atoms with Crippen LogP contribution < -0.4 is 48.3 Å². The molecule has 0 aromatic carbocycles. The molecular weight excluding hydrogens is 2010 g/mol. The van der Waals surface area contributed by atoms with Crippen molar-refractivity contribution in [3.63, 3.8) is 0 Å². The largest absolute Gasteiger partial charge is 0.394 e. The Hall–Kier alpha value is -4.85. The van der Waals surface area contributed by atoms with Crippen LogP contribution in [0.25, 0.3) is 0 Å². The van der Waals surface area contributed by atoms with Gasteiger partial charge in [0.15, 0.2) is 55.7 Å². The molecule has 0 aliphatic carbocycles. The lowest BCUT2D eigenvalue weighted by Gasteiger charge is -2.45. The van der Waals surface area contributed by atoms with Crippen molar-refractivity contribution >= 4 is 29.5 Å². The van der Waals surface area contributed by atoms with Gasteiger partial charge in [-0.2, -0.15) is 0 Å². The number of hydrogen-bond donors (Lipinski definition) is 48. The van der Waals surface area contributed by atoms with Crippen LogP contribution in [0.4, 0.5) is 0 Å². The Bertz CT molecular complexity index is 3680. The zero-order valence-electron chi connectivity index (χ0n) is 81.8. The second kappa shape index (κ2) is 67.3. The summed E-state index contributed by atoms with van der Waals surface area (Å²) in [5.74, 6) is -13.9. The summed E-state index contributed by atoms with van der Waals surface area (Å²) < 4.78 is 42.2. The molecule has 40 unspecified atom stereocenters. The Morgan fingerprint density at radius 1 is 0.311 bits per heavy atom. The highest BCUT2D eigenvalue weighted by Gasteiger charge is 2.58. The molecule has 0 bridgehead atoms. The van der Waals surface area contributed by atoms with E-state index in [0.717, 1.165) is 0 Å². The molecule has 872 valence electrons. The van der Waals surface area contributed by atoms with Gasteiger partial charge in [-0.1, -0.05) is 13.8 Å². The van der Waals surface area contributed by atoms with E-state index in [4.69, 9.17) is 43.6 Å². The lowest BCUT2D eigenvalue weighted by molar-refractivity contribution is -0.401. The van der Waals surface area contributed by atoms with Crippen molar-refractivity contribution in [1.29, 1.82) is 0 Å². The van der Waals surface area contributed by atoms with Gasteiger partial charge in [0.05, 0.1) is 59.5 Å². The number of carbonyl (C=O) groups excluding carboxylic acids is 5. The molecule has 4 heterocycles. The van der Waals surface area contributed by atoms with E-state index < -0.39 is 339 Å². The number of aliphatic hydroxyl groups excluding tert-OH is 37. The monoisotopic (exact) mass is 2170 g/mol. The third-order valence-corrected chi connectivity index (χ3v) is 26.0. The smallest absolute Gasteiger partial charge is 0.252 e. The zero-order valence-corrected chi connectivity index (χ0v) is 81.8. The summed E-state index contributed by atoms with van der Waals surface area (Å²) in [6.07, 6.45) is -83.6. The van der Waals surface area contributed by atoms with Crippen molar-refractivity contribution in [2.24, 2.45) is 5.73 Å². The molecule has 4 saturated heterocycles. The molecule has 49 N–H and O–H groups in total. The Morgan fingerprint density at radius 3 is 0.905 bits per heavy atom. The van der Waals surface area contributed by atoms with Crippen LogP contribution in [0.3, 0.4) is 0 Å². The van der Waals surface area contributed by atoms with Crippen molar-refractivity contribution in [1.82, 2.24) is 62.1 Å². The summed E-state index contributed by atoms with van der Waals surface area (Å²) in [4.78, 5) is 75.1. The average Bonchev–Trinajstić information content (AvgIpc) is 0.781. The van der Waals surface area contributed by atoms with E-state index in [-0.39, 0.29) is 170 Å². The number of aliphatic hydroxyl groups is 39. The molecule has 0 saturated carbocycles. The van der Waals surface area contributed by atoms with Crippen molar-refractivity contribution < 1.29 is 261 Å². The zero-order chi connectivity index (χ0) is 112. The fourth-order valence-corrected chi connectivity index (χ4v) is 16.0. The van der Waals surface area contributed by atoms with Crippen molar-refractivity contribution in [3.8, 4) is 0 Å². The fourth-order valence-electron chi connectivity index (χ4n) is 16.0. The minimum atomic E-state index is -3.61. The number of nitrogens with two attached hydrogens (primary N) is 1. The summed E-state index contributed by atoms with van der Waals surface area (Å²) in [7, 11) is 0. The molecule has 5 amide bonds. The highest BCUT2D eigenvalue weighted by Crippen LogP contribution is 2.34. The van der Waals surface area contributed by atoms with Crippen LogP contribution in [0.2, 0.25) is 0 Å². The van der Waals surface area contributed by atoms with Crippen molar-refractivity contribution in [2.75, 3.05) is 210 Å². The minimum absolute atomic E-state index is 0.00712. The first-order valence-corrected chi connectivity index (χ1v) is 48.2. The Kier molecular flexibility index (Phi) is 61.6. The maximum Gasteiger partial charge on any atom is 0.252 e. The van der Waals surface area contributed by atoms with Crippen molar-refractivity contribution in [2.45, 2.75) is 283 Å². The highest BCUT2D eigenvalue weighted by molar-refractivity contribution is 5.83. The second-order valence-electron chi connectivity index (χ2n) is 36.2. The molecule has 4 rings (SSSR count). The predicted octanol–water partition coefficient (Wildman–Crippen LogP) is -30.4. The highest BCUT2D eigenvalue weighted by atomic mass is 16.8. The van der Waals surface area contributed by atoms with E-state index in [0.29, 0.717) is 0 Å². The Morgan fingerprint density at radius 2 is 0.588 bits per heavy atom. The van der Waals surface area contributed by atoms with Gasteiger partial charge in [-0.25, -0.2) is 0 Å². The lowest BCUT2D eigenvalue weighted by Crippen LogP contribution is -2.67. The van der Waals surface area contributed by atoms with Gasteiger partial charge in [0.2, 0.25) is 11.6 Å². The number of carbonyl (C=O) groups is 5. The fraction of sp³-hybridized carbons (Fsp3) is 0.940. The average molecular weight is 2180 g/mol. The Labute approximate surface area is 848 Å². The molecular formula is C83H163N13O52. The van der Waals surface area contributed by atoms with Crippen LogP contribution in [0, 0.1) is 0 Å². The predicted molar refractivity (Wildman–Crippen MR) is 490 cm³/mol. The number of nitrogens with zero attached hydrogens (tertiary/aromatic N) is 4. The van der Waals surface area contributed by atoms with E-state index in [1.807, 2.05) is 9.80 Å². The number of amides is 5. The SMILES string of the molecule is CCC(CC)(CCN(CCNCCN(CCNCCNC(=O)C(O)C(O)C(O)(OC1OC(CO)C(O)C(O)C1O)C(O)CO)CCN(CCNCCNC(=O)C(O)C(O)C(OC1OC(CO)C(O)C(O)C1O)C(O)CO)CCN(CCN)CCNC(=O)C(O)C(O)C(O)(OC1OC(CO)C(O)C(O)C1O)C(O)CO)CCNC(=O)C(O)C(O)C(O)C(O)CO)NC(=O)C(O)C(O)C(OC1OC(CO)C(O)C(O)C1O)C(O)CO. The first-order chi connectivity index (χ1) is 69.8. The van der Waals surface area contributed by atoms with Crippen LogP contribution in [0.5, 0.6) is 0 Å². The standard InChI is InChI=1S/C83H163N13O52/c1-3-81(4-2,92-76(138)61(125)58(122)69(40(108)31-99)146-78-63(127)54(118)49(113)42(33-101)142-78)5-17-93(23-15-90-72(134)59(123)52(116)47(111)38(106)29-97)19-13-87-14-21-95(20-11-85-8-10-89-74(136)66(130)70(132)82(139,45(109)36-104)147-79-64(128)55(119)50(114)43(34-102)143-79)26-28-96(22-12-86-7-9-88-73(135)60(124)57(121)68(39(107)30-98)145-77-62(126)53(117)48(112)41(32-100)141-77)27-25-94(18-6-84)24-16-91-75(137)67(131)71(133)83(140,46(110)37-105)148-80-65(129)56(120)51(115)44(35-103)144-80/h38-71,77-80,85-87,97-133,139-140H,3-37,84H2,1-2H3,(H,88,135)(H,89,136)(H,90,134)(H,91,137)(H,92,138). The van der Waals surface area contributed by atoms with Crippen molar-refractivity contribution in [3.05, 3.63) is 0 Å². The van der Waals surface area contributed by atoms with Gasteiger partial charge in [0, 0.05) is 156 Å². The molecule has 65 nitrogen and oxygen atoms in total. The van der Waals surface area contributed by atoms with Gasteiger partial charge in [-0.3, -0.25) is 38.7 Å². The molecule has 0 radical (unpaired) electrons. The van der Waals surface area contributed by atoms with E-state index in [9.17, 15) is 223 Å². The maximum atomic E-state index is 14.1.